The van der Waals surface area contributed by atoms with Crippen molar-refractivity contribution in [3.63, 3.8) is 0 Å². The first kappa shape index (κ1) is 18.6. The number of nitrogens with one attached hydrogen (secondary N) is 1. The lowest BCUT2D eigenvalue weighted by Gasteiger charge is -2.08. The number of hydrogen-bond donors (Lipinski definition) is 1. The topological polar surface area (TPSA) is 96.8 Å². The smallest absolute Gasteiger partial charge is 0.244 e. The SMILES string of the molecule is CN(C)c1ncc(/C=C/C(=O)NCCc2csc(-c3cnccn3)n2)cn1. The van der Waals surface area contributed by atoms with Crippen molar-refractivity contribution in [2.24, 2.45) is 0 Å². The second kappa shape index (κ2) is 8.95. The van der Waals surface area contributed by atoms with Gasteiger partial charge in [-0.15, -0.1) is 11.3 Å². The Morgan fingerprint density at radius 2 is 2.00 bits per heavy atom. The van der Waals surface area contributed by atoms with E-state index in [1.165, 1.54) is 17.4 Å². The maximum Gasteiger partial charge on any atom is 0.244 e. The van der Waals surface area contributed by atoms with Gasteiger partial charge < -0.3 is 10.2 Å². The third-order valence-electron chi connectivity index (χ3n) is 3.50. The summed E-state index contributed by atoms with van der Waals surface area (Å²) in [5, 5.41) is 5.63. The lowest BCUT2D eigenvalue weighted by atomic mass is 10.3. The third-order valence-corrected chi connectivity index (χ3v) is 4.41. The van der Waals surface area contributed by atoms with Crippen molar-refractivity contribution in [1.29, 1.82) is 0 Å². The van der Waals surface area contributed by atoms with Gasteiger partial charge in [0.1, 0.15) is 10.7 Å². The minimum Gasteiger partial charge on any atom is -0.352 e. The highest BCUT2D eigenvalue weighted by Gasteiger charge is 2.06. The summed E-state index contributed by atoms with van der Waals surface area (Å²) in [4.78, 5) is 34.9. The molecule has 1 N–H and O–H groups in total. The molecule has 0 saturated heterocycles. The van der Waals surface area contributed by atoms with Crippen LogP contribution in [0.5, 0.6) is 0 Å². The summed E-state index contributed by atoms with van der Waals surface area (Å²) < 4.78 is 0. The second-order valence-electron chi connectivity index (χ2n) is 5.82. The van der Waals surface area contributed by atoms with Crippen LogP contribution in [0, 0.1) is 0 Å². The molecule has 0 bridgehead atoms. The van der Waals surface area contributed by atoms with E-state index in [2.05, 4.69) is 30.2 Å². The van der Waals surface area contributed by atoms with Crippen LogP contribution in [-0.4, -0.2) is 51.5 Å². The Morgan fingerprint density at radius 1 is 1.19 bits per heavy atom. The van der Waals surface area contributed by atoms with E-state index in [0.717, 1.165) is 22.0 Å². The number of hydrogen-bond acceptors (Lipinski definition) is 8. The zero-order chi connectivity index (χ0) is 19.1. The third kappa shape index (κ3) is 5.38. The molecule has 3 aromatic rings. The summed E-state index contributed by atoms with van der Waals surface area (Å²) in [7, 11) is 3.74. The highest BCUT2D eigenvalue weighted by atomic mass is 32.1. The van der Waals surface area contributed by atoms with E-state index in [4.69, 9.17) is 0 Å². The average molecular weight is 381 g/mol. The minimum atomic E-state index is -0.170. The highest BCUT2D eigenvalue weighted by molar-refractivity contribution is 7.13. The van der Waals surface area contributed by atoms with Crippen LogP contribution in [0.4, 0.5) is 5.95 Å². The maximum absolute atomic E-state index is 11.9. The zero-order valence-electron chi connectivity index (χ0n) is 15.0. The molecule has 3 heterocycles. The molecule has 0 aromatic carbocycles. The molecule has 9 heteroatoms. The van der Waals surface area contributed by atoms with Crippen molar-refractivity contribution < 1.29 is 4.79 Å². The molecule has 0 spiro atoms. The Morgan fingerprint density at radius 3 is 2.70 bits per heavy atom. The molecule has 0 radical (unpaired) electrons. The Labute approximate surface area is 161 Å². The summed E-state index contributed by atoms with van der Waals surface area (Å²) in [5.74, 6) is 0.455. The quantitative estimate of drug-likeness (QED) is 0.624. The fourth-order valence-electron chi connectivity index (χ4n) is 2.14. The van der Waals surface area contributed by atoms with Gasteiger partial charge in [-0.05, 0) is 6.08 Å². The molecule has 0 saturated carbocycles. The lowest BCUT2D eigenvalue weighted by Crippen LogP contribution is -2.23. The van der Waals surface area contributed by atoms with Gasteiger partial charge in [0.15, 0.2) is 0 Å². The van der Waals surface area contributed by atoms with Gasteiger partial charge in [-0.25, -0.2) is 15.0 Å². The molecule has 0 atom stereocenters. The van der Waals surface area contributed by atoms with Crippen molar-refractivity contribution in [3.05, 3.63) is 53.7 Å². The molecule has 0 unspecified atom stereocenters. The number of thiazole rings is 1. The van der Waals surface area contributed by atoms with Crippen LogP contribution in [0.3, 0.4) is 0 Å². The van der Waals surface area contributed by atoms with E-state index in [1.807, 2.05) is 24.4 Å². The van der Waals surface area contributed by atoms with E-state index < -0.39 is 0 Å². The zero-order valence-corrected chi connectivity index (χ0v) is 15.8. The normalized spacial score (nSPS) is 10.9. The van der Waals surface area contributed by atoms with Gasteiger partial charge in [-0.1, -0.05) is 0 Å². The van der Waals surface area contributed by atoms with E-state index in [1.54, 1.807) is 37.1 Å². The first-order chi connectivity index (χ1) is 13.1. The van der Waals surface area contributed by atoms with Crippen molar-refractivity contribution in [2.75, 3.05) is 25.5 Å². The molecule has 0 fully saturated rings. The first-order valence-electron chi connectivity index (χ1n) is 8.28. The van der Waals surface area contributed by atoms with Gasteiger partial charge in [0.25, 0.3) is 0 Å². The van der Waals surface area contributed by atoms with Gasteiger partial charge in [-0.3, -0.25) is 14.8 Å². The number of anilines is 1. The Balaban J connectivity index is 1.46. The van der Waals surface area contributed by atoms with Crippen LogP contribution in [0.1, 0.15) is 11.3 Å². The molecule has 3 aromatic heterocycles. The van der Waals surface area contributed by atoms with Crippen LogP contribution in [-0.2, 0) is 11.2 Å². The lowest BCUT2D eigenvalue weighted by molar-refractivity contribution is -0.116. The molecular formula is C18H19N7OS. The standard InChI is InChI=1S/C18H19N7OS/c1-25(2)18-22-9-13(10-23-18)3-4-16(26)21-6-5-14-12-27-17(24-14)15-11-19-7-8-20-15/h3-4,7-12H,5-6H2,1-2H3,(H,21,26)/b4-3+. The largest absolute Gasteiger partial charge is 0.352 e. The summed E-state index contributed by atoms with van der Waals surface area (Å²) in [6.45, 7) is 0.503. The van der Waals surface area contributed by atoms with Gasteiger partial charge in [0.05, 0.1) is 11.9 Å². The van der Waals surface area contributed by atoms with Gasteiger partial charge >= 0.3 is 0 Å². The molecule has 27 heavy (non-hydrogen) atoms. The highest BCUT2D eigenvalue weighted by Crippen LogP contribution is 2.20. The van der Waals surface area contributed by atoms with E-state index in [9.17, 15) is 4.79 Å². The Hall–Kier alpha value is -3.20. The summed E-state index contributed by atoms with van der Waals surface area (Å²) >= 11 is 1.51. The van der Waals surface area contributed by atoms with Crippen LogP contribution in [0.2, 0.25) is 0 Å². The van der Waals surface area contributed by atoms with Crippen LogP contribution in [0.25, 0.3) is 16.8 Å². The Bertz CT molecular complexity index is 907. The second-order valence-corrected chi connectivity index (χ2v) is 6.68. The molecule has 0 aliphatic rings. The van der Waals surface area contributed by atoms with Crippen molar-refractivity contribution >= 4 is 29.3 Å². The van der Waals surface area contributed by atoms with E-state index >= 15 is 0 Å². The summed E-state index contributed by atoms with van der Waals surface area (Å²) in [5.41, 5.74) is 2.43. The van der Waals surface area contributed by atoms with E-state index in [0.29, 0.717) is 18.9 Å². The van der Waals surface area contributed by atoms with Crippen molar-refractivity contribution in [2.45, 2.75) is 6.42 Å². The number of rotatable bonds is 7. The van der Waals surface area contributed by atoms with Crippen LogP contribution < -0.4 is 10.2 Å². The molecule has 138 valence electrons. The summed E-state index contributed by atoms with van der Waals surface area (Å²) in [6.07, 6.45) is 12.1. The predicted molar refractivity (Wildman–Crippen MR) is 105 cm³/mol. The molecule has 3 rings (SSSR count). The fraction of sp³-hybridized carbons (Fsp3) is 0.222. The fourth-order valence-corrected chi connectivity index (χ4v) is 2.96. The molecular weight excluding hydrogens is 362 g/mol. The van der Waals surface area contributed by atoms with Crippen molar-refractivity contribution in [3.8, 4) is 10.7 Å². The summed E-state index contributed by atoms with van der Waals surface area (Å²) in [6, 6.07) is 0. The maximum atomic E-state index is 11.9. The van der Waals surface area contributed by atoms with Gasteiger partial charge in [0.2, 0.25) is 11.9 Å². The van der Waals surface area contributed by atoms with Gasteiger partial charge in [0, 0.05) is 68.9 Å². The van der Waals surface area contributed by atoms with Crippen LogP contribution >= 0.6 is 11.3 Å². The molecule has 0 aliphatic heterocycles. The molecule has 1 amide bonds. The number of nitrogens with zero attached hydrogens (tertiary/aromatic N) is 6. The first-order valence-corrected chi connectivity index (χ1v) is 9.16. The van der Waals surface area contributed by atoms with Crippen molar-refractivity contribution in [1.82, 2.24) is 30.2 Å². The average Bonchev–Trinajstić information content (AvgIpc) is 3.16. The van der Waals surface area contributed by atoms with Gasteiger partial charge in [-0.2, -0.15) is 0 Å². The minimum absolute atomic E-state index is 0.170. The number of carbonyl (C=O) groups excluding carboxylic acids is 1. The number of carbonyl (C=O) groups is 1. The van der Waals surface area contributed by atoms with Crippen LogP contribution in [0.15, 0.2) is 42.4 Å². The molecule has 0 aliphatic carbocycles. The molecule has 8 nitrogen and oxygen atoms in total. The number of amides is 1. The van der Waals surface area contributed by atoms with E-state index in [-0.39, 0.29) is 5.91 Å². The predicted octanol–water partition coefficient (Wildman–Crippen LogP) is 1.83. The number of aromatic nitrogens is 5. The Kier molecular flexibility index (Phi) is 6.16. The monoisotopic (exact) mass is 381 g/mol.